The summed E-state index contributed by atoms with van der Waals surface area (Å²) >= 11 is 0. The molecule has 1 aliphatic rings. The van der Waals surface area contributed by atoms with Crippen LogP contribution in [0.1, 0.15) is 19.8 Å². The largest absolute Gasteiger partial charge is 0.480 e. The smallest absolute Gasteiger partial charge is 0.321 e. The van der Waals surface area contributed by atoms with Crippen LogP contribution in [0.2, 0.25) is 0 Å². The molecule has 0 spiro atoms. The zero-order valence-electron chi connectivity index (χ0n) is 16.5. The van der Waals surface area contributed by atoms with Crippen LogP contribution >= 0.6 is 0 Å². The number of piperidine rings is 1. The fourth-order valence-electron chi connectivity index (χ4n) is 3.73. The number of carboxylic acids is 1. The van der Waals surface area contributed by atoms with Gasteiger partial charge in [0.1, 0.15) is 5.82 Å². The Morgan fingerprint density at radius 2 is 1.83 bits per heavy atom. The molecule has 1 heterocycles. The average Bonchev–Trinajstić information content (AvgIpc) is 2.74. The van der Waals surface area contributed by atoms with Crippen molar-refractivity contribution in [1.82, 2.24) is 9.80 Å². The highest BCUT2D eigenvalue weighted by atomic mass is 19.1. The number of urea groups is 1. The molecule has 6 nitrogen and oxygen atoms in total. The van der Waals surface area contributed by atoms with E-state index in [0.29, 0.717) is 32.5 Å². The van der Waals surface area contributed by atoms with E-state index in [-0.39, 0.29) is 24.3 Å². The Labute approximate surface area is 169 Å². The van der Waals surface area contributed by atoms with Crippen molar-refractivity contribution in [1.29, 1.82) is 0 Å². The number of carboxylic acid groups (broad SMARTS) is 1. The van der Waals surface area contributed by atoms with Gasteiger partial charge >= 0.3 is 12.0 Å². The van der Waals surface area contributed by atoms with Gasteiger partial charge in [-0.25, -0.2) is 9.18 Å². The van der Waals surface area contributed by atoms with Crippen LogP contribution in [0.25, 0.3) is 11.1 Å². The molecule has 2 aromatic rings. The minimum Gasteiger partial charge on any atom is -0.480 e. The number of aliphatic carboxylic acids is 1. The molecule has 0 saturated carbocycles. The van der Waals surface area contributed by atoms with Crippen LogP contribution in [-0.4, -0.2) is 59.1 Å². The summed E-state index contributed by atoms with van der Waals surface area (Å²) in [5.41, 5.74) is 1.81. The van der Waals surface area contributed by atoms with E-state index >= 15 is 0 Å². The first-order valence-electron chi connectivity index (χ1n) is 9.84. The second kappa shape index (κ2) is 9.52. The zero-order chi connectivity index (χ0) is 20.8. The van der Waals surface area contributed by atoms with Gasteiger partial charge in [0, 0.05) is 19.1 Å². The predicted molar refractivity (Wildman–Crippen MR) is 110 cm³/mol. The molecule has 1 aliphatic heterocycles. The molecule has 29 heavy (non-hydrogen) atoms. The zero-order valence-corrected chi connectivity index (χ0v) is 16.5. The lowest BCUT2D eigenvalue weighted by atomic mass is 10.0. The molecule has 0 aromatic heterocycles. The summed E-state index contributed by atoms with van der Waals surface area (Å²) in [6, 6.07) is 14.1. The van der Waals surface area contributed by atoms with Crippen LogP contribution < -0.4 is 5.32 Å². The van der Waals surface area contributed by atoms with Crippen molar-refractivity contribution in [3.63, 3.8) is 0 Å². The van der Waals surface area contributed by atoms with Crippen molar-refractivity contribution >= 4 is 17.7 Å². The van der Waals surface area contributed by atoms with Gasteiger partial charge in [0.05, 0.1) is 12.2 Å². The van der Waals surface area contributed by atoms with E-state index in [0.717, 1.165) is 11.1 Å². The number of nitrogens with one attached hydrogen (secondary N) is 1. The molecule has 7 heteroatoms. The molecular weight excluding hydrogens is 373 g/mol. The van der Waals surface area contributed by atoms with E-state index in [1.165, 1.54) is 6.07 Å². The van der Waals surface area contributed by atoms with Crippen LogP contribution in [0.4, 0.5) is 14.9 Å². The van der Waals surface area contributed by atoms with Gasteiger partial charge in [-0.05, 0) is 42.6 Å². The number of amides is 2. The molecule has 0 unspecified atom stereocenters. The third-order valence-corrected chi connectivity index (χ3v) is 5.33. The number of benzene rings is 2. The highest BCUT2D eigenvalue weighted by molar-refractivity contribution is 5.90. The van der Waals surface area contributed by atoms with Crippen molar-refractivity contribution < 1.29 is 19.1 Å². The number of carbonyl (C=O) groups is 2. The third-order valence-electron chi connectivity index (χ3n) is 5.33. The van der Waals surface area contributed by atoms with Crippen molar-refractivity contribution in [2.24, 2.45) is 0 Å². The number of rotatable bonds is 6. The summed E-state index contributed by atoms with van der Waals surface area (Å²) < 4.78 is 14.5. The number of anilines is 1. The van der Waals surface area contributed by atoms with Crippen molar-refractivity contribution in [2.45, 2.75) is 25.8 Å². The van der Waals surface area contributed by atoms with Gasteiger partial charge in [-0.2, -0.15) is 0 Å². The summed E-state index contributed by atoms with van der Waals surface area (Å²) in [4.78, 5) is 27.1. The van der Waals surface area contributed by atoms with Gasteiger partial charge in [-0.15, -0.1) is 0 Å². The second-order valence-corrected chi connectivity index (χ2v) is 7.17. The Balaban J connectivity index is 1.58. The summed E-state index contributed by atoms with van der Waals surface area (Å²) in [6.45, 7) is 3.62. The molecule has 2 N–H and O–H groups in total. The van der Waals surface area contributed by atoms with Gasteiger partial charge in [0.2, 0.25) is 0 Å². The quantitative estimate of drug-likeness (QED) is 0.773. The van der Waals surface area contributed by atoms with Crippen molar-refractivity contribution in [2.75, 3.05) is 31.5 Å². The van der Waals surface area contributed by atoms with E-state index in [1.807, 2.05) is 42.2 Å². The molecule has 0 atom stereocenters. The Morgan fingerprint density at radius 1 is 1.14 bits per heavy atom. The maximum atomic E-state index is 14.5. The lowest BCUT2D eigenvalue weighted by Gasteiger charge is -2.37. The molecule has 0 bridgehead atoms. The minimum atomic E-state index is -0.846. The first-order chi connectivity index (χ1) is 14.0. The average molecular weight is 399 g/mol. The third kappa shape index (κ3) is 5.32. The van der Waals surface area contributed by atoms with E-state index in [2.05, 4.69) is 5.32 Å². The molecular formula is C22H26FN3O3. The van der Waals surface area contributed by atoms with E-state index < -0.39 is 11.8 Å². The molecule has 154 valence electrons. The monoisotopic (exact) mass is 399 g/mol. The summed E-state index contributed by atoms with van der Waals surface area (Å²) in [5.74, 6) is -1.32. The van der Waals surface area contributed by atoms with Crippen LogP contribution in [-0.2, 0) is 4.79 Å². The van der Waals surface area contributed by atoms with Gasteiger partial charge < -0.3 is 15.3 Å². The fourth-order valence-corrected chi connectivity index (χ4v) is 3.73. The molecule has 1 saturated heterocycles. The molecule has 1 fully saturated rings. The van der Waals surface area contributed by atoms with E-state index in [1.54, 1.807) is 17.0 Å². The number of likely N-dealkylation sites (N-methyl/N-ethyl adjacent to an activating group) is 1. The Morgan fingerprint density at radius 3 is 2.41 bits per heavy atom. The topological polar surface area (TPSA) is 72.9 Å². The van der Waals surface area contributed by atoms with Crippen LogP contribution in [0, 0.1) is 5.82 Å². The van der Waals surface area contributed by atoms with E-state index in [4.69, 9.17) is 5.11 Å². The minimum absolute atomic E-state index is 0.00629. The number of carbonyl (C=O) groups excluding carboxylic acids is 1. The molecule has 2 aromatic carbocycles. The summed E-state index contributed by atoms with van der Waals surface area (Å²) in [7, 11) is 0. The van der Waals surface area contributed by atoms with Crippen LogP contribution in [0.3, 0.4) is 0 Å². The van der Waals surface area contributed by atoms with Crippen LogP contribution in [0.5, 0.6) is 0 Å². The molecule has 3 rings (SSSR count). The number of hydrogen-bond acceptors (Lipinski definition) is 3. The van der Waals surface area contributed by atoms with Crippen LogP contribution in [0.15, 0.2) is 48.5 Å². The normalized spacial score (nSPS) is 14.8. The summed E-state index contributed by atoms with van der Waals surface area (Å²) in [5, 5.41) is 11.7. The maximum absolute atomic E-state index is 14.5. The summed E-state index contributed by atoms with van der Waals surface area (Å²) in [6.07, 6.45) is 1.40. The molecule has 0 radical (unpaired) electrons. The number of likely N-dealkylation sites (tertiary alicyclic amines) is 1. The van der Waals surface area contributed by atoms with Crippen molar-refractivity contribution in [3.8, 4) is 11.1 Å². The lowest BCUT2D eigenvalue weighted by Crippen LogP contribution is -2.49. The molecule has 2 amide bonds. The Kier molecular flexibility index (Phi) is 6.82. The number of hydrogen-bond donors (Lipinski definition) is 2. The SMILES string of the molecule is CCN(CC(=O)O)C1CCN(C(=O)Nc2ccc(-c3ccccc3)cc2F)CC1. The molecule has 0 aliphatic carbocycles. The predicted octanol–water partition coefficient (Wildman–Crippen LogP) is 3.90. The number of halogens is 1. The maximum Gasteiger partial charge on any atom is 0.321 e. The Bertz CT molecular complexity index is 852. The Hall–Kier alpha value is -2.93. The highest BCUT2D eigenvalue weighted by Crippen LogP contribution is 2.25. The standard InChI is InChI=1S/C22H26FN3O3/c1-2-25(15-21(27)28)18-10-12-26(13-11-18)22(29)24-20-9-8-17(14-19(20)23)16-6-4-3-5-7-16/h3-9,14,18H,2,10-13,15H2,1H3,(H,24,29)(H,27,28). The van der Waals surface area contributed by atoms with Gasteiger partial charge in [-0.3, -0.25) is 9.69 Å². The highest BCUT2D eigenvalue weighted by Gasteiger charge is 2.27. The fraction of sp³-hybridized carbons (Fsp3) is 0.364. The first-order valence-corrected chi connectivity index (χ1v) is 9.84. The van der Waals surface area contributed by atoms with Gasteiger partial charge in [-0.1, -0.05) is 43.3 Å². The van der Waals surface area contributed by atoms with Gasteiger partial charge in [0.15, 0.2) is 0 Å². The van der Waals surface area contributed by atoms with E-state index in [9.17, 15) is 14.0 Å². The number of nitrogens with zero attached hydrogens (tertiary/aromatic N) is 2. The van der Waals surface area contributed by atoms with Gasteiger partial charge in [0.25, 0.3) is 0 Å². The second-order valence-electron chi connectivity index (χ2n) is 7.17. The lowest BCUT2D eigenvalue weighted by molar-refractivity contribution is -0.139. The van der Waals surface area contributed by atoms with Crippen molar-refractivity contribution in [3.05, 3.63) is 54.3 Å². The first kappa shape index (κ1) is 20.8.